The van der Waals surface area contributed by atoms with Crippen molar-refractivity contribution in [2.75, 3.05) is 31.4 Å². The maximum atomic E-state index is 6.85. The molecule has 0 spiro atoms. The van der Waals surface area contributed by atoms with Crippen LogP contribution in [0.2, 0.25) is 0 Å². The van der Waals surface area contributed by atoms with E-state index in [4.69, 9.17) is 9.26 Å². The average molecular weight is 543 g/mol. The van der Waals surface area contributed by atoms with Gasteiger partial charge in [0.05, 0.1) is 13.3 Å². The van der Waals surface area contributed by atoms with Crippen LogP contribution < -0.4 is 0 Å². The fourth-order valence-corrected chi connectivity index (χ4v) is 8.54. The van der Waals surface area contributed by atoms with E-state index < -0.39 is 13.9 Å². The molecule has 0 amide bonds. The number of nitrogens with zero attached hydrogens (tertiary/aromatic N) is 1. The highest BCUT2D eigenvalue weighted by atomic mass is 33.1. The minimum atomic E-state index is -0.948. The SMILES string of the molecule is CC(C)N(C(C)C)[PH+](C)OCCSSCCOC(c1ccccc1)(c1ccccc1)c1ccccc1. The first-order chi connectivity index (χ1) is 17.5. The highest BCUT2D eigenvalue weighted by Gasteiger charge is 2.37. The summed E-state index contributed by atoms with van der Waals surface area (Å²) in [5.74, 6) is 1.89. The molecule has 3 aromatic rings. The second-order valence-electron chi connectivity index (χ2n) is 9.23. The number of rotatable bonds is 15. The average Bonchev–Trinajstić information content (AvgIpc) is 2.89. The van der Waals surface area contributed by atoms with Crippen LogP contribution in [0.1, 0.15) is 44.4 Å². The van der Waals surface area contributed by atoms with Gasteiger partial charge in [-0.2, -0.15) is 4.67 Å². The summed E-state index contributed by atoms with van der Waals surface area (Å²) in [7, 11) is 2.78. The van der Waals surface area contributed by atoms with Gasteiger partial charge in [0.15, 0.2) is 8.30 Å². The lowest BCUT2D eigenvalue weighted by Crippen LogP contribution is -2.33. The van der Waals surface area contributed by atoms with Crippen LogP contribution in [0.4, 0.5) is 0 Å². The summed E-state index contributed by atoms with van der Waals surface area (Å²) in [6, 6.07) is 32.8. The van der Waals surface area contributed by atoms with Gasteiger partial charge in [0.2, 0.25) is 0 Å². The molecule has 0 aliphatic carbocycles. The second kappa shape index (κ2) is 15.2. The van der Waals surface area contributed by atoms with Gasteiger partial charge in [-0.3, -0.25) is 0 Å². The van der Waals surface area contributed by atoms with E-state index in [1.807, 2.05) is 21.6 Å². The van der Waals surface area contributed by atoms with E-state index in [9.17, 15) is 0 Å². The van der Waals surface area contributed by atoms with Crippen LogP contribution in [0.3, 0.4) is 0 Å². The molecule has 36 heavy (non-hydrogen) atoms. The van der Waals surface area contributed by atoms with Crippen molar-refractivity contribution in [1.82, 2.24) is 4.67 Å². The van der Waals surface area contributed by atoms with Gasteiger partial charge in [-0.05, 0) is 44.4 Å². The molecule has 0 saturated carbocycles. The van der Waals surface area contributed by atoms with Crippen LogP contribution in [-0.2, 0) is 14.9 Å². The van der Waals surface area contributed by atoms with Crippen LogP contribution in [0.25, 0.3) is 0 Å². The summed E-state index contributed by atoms with van der Waals surface area (Å²) in [5.41, 5.74) is 2.79. The molecule has 3 nitrogen and oxygen atoms in total. The van der Waals surface area contributed by atoms with Crippen LogP contribution in [0, 0.1) is 0 Å². The summed E-state index contributed by atoms with van der Waals surface area (Å²) >= 11 is 0. The molecular weight excluding hydrogens is 501 g/mol. The molecule has 3 aromatic carbocycles. The number of ether oxygens (including phenoxy) is 1. The maximum absolute atomic E-state index is 6.85. The Labute approximate surface area is 227 Å². The third-order valence-corrected chi connectivity index (χ3v) is 10.8. The van der Waals surface area contributed by atoms with Crippen molar-refractivity contribution in [1.29, 1.82) is 0 Å². The first-order valence-electron chi connectivity index (χ1n) is 12.8. The van der Waals surface area contributed by atoms with Crippen molar-refractivity contribution in [2.45, 2.75) is 45.4 Å². The van der Waals surface area contributed by atoms with Crippen molar-refractivity contribution >= 4 is 29.9 Å². The monoisotopic (exact) mass is 542 g/mol. The molecule has 1 atom stereocenters. The molecule has 3 rings (SSSR count). The lowest BCUT2D eigenvalue weighted by molar-refractivity contribution is 0.0234. The fraction of sp³-hybridized carbons (Fsp3) is 0.400. The number of hydrogen-bond acceptors (Lipinski definition) is 5. The molecular formula is C30H41NO2PS2+. The molecule has 0 aliphatic rings. The molecule has 0 N–H and O–H groups in total. The van der Waals surface area contributed by atoms with Gasteiger partial charge >= 0.3 is 0 Å². The van der Waals surface area contributed by atoms with Crippen molar-refractivity contribution < 1.29 is 9.26 Å². The van der Waals surface area contributed by atoms with E-state index in [1.54, 1.807) is 0 Å². The van der Waals surface area contributed by atoms with E-state index in [2.05, 4.69) is 130 Å². The first kappa shape index (κ1) is 29.2. The standard InChI is InChI=1S/C30H40NO2PS2/c1-25(2)31(26(3)4)34(5)33-22-24-36-35-23-21-32-30(27-15-9-6-10-16-27,28-17-11-7-12-18-28)29-19-13-8-14-20-29/h6-20,25-26H,21-24H2,1-5H3/p+1. The Morgan fingerprint density at radius 2 is 1.06 bits per heavy atom. The van der Waals surface area contributed by atoms with Crippen molar-refractivity contribution in [2.24, 2.45) is 0 Å². The minimum absolute atomic E-state index is 0.516. The smallest absolute Gasteiger partial charge is 0.200 e. The van der Waals surface area contributed by atoms with Gasteiger partial charge in [0, 0.05) is 23.6 Å². The van der Waals surface area contributed by atoms with E-state index in [0.29, 0.717) is 18.7 Å². The second-order valence-corrected chi connectivity index (χ2v) is 13.8. The lowest BCUT2D eigenvalue weighted by Gasteiger charge is -2.36. The molecule has 0 fully saturated rings. The van der Waals surface area contributed by atoms with Gasteiger partial charge in [-0.25, -0.2) is 4.52 Å². The third kappa shape index (κ3) is 7.84. The van der Waals surface area contributed by atoms with Crippen LogP contribution >= 0.6 is 29.9 Å². The maximum Gasteiger partial charge on any atom is 0.200 e. The minimum Gasteiger partial charge on any atom is -0.360 e. The quantitative estimate of drug-likeness (QED) is 0.0833. The zero-order valence-corrected chi connectivity index (χ0v) is 24.9. The third-order valence-electron chi connectivity index (χ3n) is 6.06. The van der Waals surface area contributed by atoms with Crippen LogP contribution in [0.5, 0.6) is 0 Å². The predicted octanol–water partition coefficient (Wildman–Crippen LogP) is 8.19. The molecule has 0 aliphatic heterocycles. The zero-order chi connectivity index (χ0) is 25.8. The van der Waals surface area contributed by atoms with Crippen LogP contribution in [-0.4, -0.2) is 48.1 Å². The normalized spacial score (nSPS) is 13.0. The zero-order valence-electron chi connectivity index (χ0n) is 22.2. The Bertz CT molecular complexity index is 885. The summed E-state index contributed by atoms with van der Waals surface area (Å²) in [5, 5.41) is 0. The summed E-state index contributed by atoms with van der Waals surface area (Å²) in [4.78, 5) is 0. The van der Waals surface area contributed by atoms with Crippen molar-refractivity contribution in [3.8, 4) is 0 Å². The molecule has 194 valence electrons. The Kier molecular flexibility index (Phi) is 12.3. The Balaban J connectivity index is 1.60. The fourth-order valence-electron chi connectivity index (χ4n) is 4.74. The first-order valence-corrected chi connectivity index (χ1v) is 17.1. The van der Waals surface area contributed by atoms with Gasteiger partial charge in [0.1, 0.15) is 12.2 Å². The van der Waals surface area contributed by atoms with E-state index >= 15 is 0 Å². The molecule has 1 unspecified atom stereocenters. The highest BCUT2D eigenvalue weighted by Crippen LogP contribution is 2.42. The van der Waals surface area contributed by atoms with Gasteiger partial charge < -0.3 is 4.74 Å². The summed E-state index contributed by atoms with van der Waals surface area (Å²) in [6.45, 7) is 12.7. The largest absolute Gasteiger partial charge is 0.360 e. The molecule has 0 aromatic heterocycles. The molecule has 0 bridgehead atoms. The lowest BCUT2D eigenvalue weighted by atomic mass is 9.80. The van der Waals surface area contributed by atoms with Gasteiger partial charge in [-0.15, -0.1) is 0 Å². The molecule has 0 saturated heterocycles. The summed E-state index contributed by atoms with van der Waals surface area (Å²) < 4.78 is 15.6. The van der Waals surface area contributed by atoms with Crippen LogP contribution in [0.15, 0.2) is 91.0 Å². The number of hydrogen-bond donors (Lipinski definition) is 0. The Hall–Kier alpha value is -1.33. The van der Waals surface area contributed by atoms with E-state index in [0.717, 1.165) is 34.8 Å². The van der Waals surface area contributed by atoms with Gasteiger partial charge in [-0.1, -0.05) is 113 Å². The Morgan fingerprint density at radius 3 is 1.44 bits per heavy atom. The van der Waals surface area contributed by atoms with E-state index in [-0.39, 0.29) is 0 Å². The predicted molar refractivity (Wildman–Crippen MR) is 162 cm³/mol. The van der Waals surface area contributed by atoms with Crippen molar-refractivity contribution in [3.05, 3.63) is 108 Å². The summed E-state index contributed by atoms with van der Waals surface area (Å²) in [6.07, 6.45) is 0. The highest BCUT2D eigenvalue weighted by molar-refractivity contribution is 8.76. The molecule has 6 heteroatoms. The number of benzene rings is 3. The van der Waals surface area contributed by atoms with Gasteiger partial charge in [0.25, 0.3) is 0 Å². The topological polar surface area (TPSA) is 21.7 Å². The Morgan fingerprint density at radius 1 is 0.667 bits per heavy atom. The van der Waals surface area contributed by atoms with E-state index in [1.165, 1.54) is 0 Å². The molecule has 0 radical (unpaired) electrons. The molecule has 0 heterocycles. The van der Waals surface area contributed by atoms with Crippen molar-refractivity contribution in [3.63, 3.8) is 0 Å².